The Morgan fingerprint density at radius 2 is 1.70 bits per heavy atom. The van der Waals surface area contributed by atoms with Crippen LogP contribution in [0.5, 0.6) is 0 Å². The fourth-order valence-electron chi connectivity index (χ4n) is 2.64. The summed E-state index contributed by atoms with van der Waals surface area (Å²) in [6, 6.07) is -2.49. The van der Waals surface area contributed by atoms with E-state index in [1.165, 1.54) is 0 Å². The van der Waals surface area contributed by atoms with E-state index in [1.54, 1.807) is 46.4 Å². The Bertz CT molecular complexity index is 645. The number of alkyl carbamates (subject to hydrolysis) is 1. The number of nitrogens with one attached hydrogen (secondary N) is 3. The third-order valence-electron chi connectivity index (χ3n) is 4.38. The summed E-state index contributed by atoms with van der Waals surface area (Å²) >= 11 is 0.727. The number of carboxylic acids is 1. The van der Waals surface area contributed by atoms with E-state index >= 15 is 0 Å². The summed E-state index contributed by atoms with van der Waals surface area (Å²) in [5.41, 5.74) is 4.84. The maximum absolute atomic E-state index is 12.9. The fraction of sp³-hybridized carbons (Fsp3) is 0.810. The van der Waals surface area contributed by atoms with E-state index in [9.17, 15) is 24.3 Å². The number of thioether (sulfide) groups is 1. The van der Waals surface area contributed by atoms with Crippen molar-refractivity contribution in [3.8, 4) is 0 Å². The van der Waals surface area contributed by atoms with Crippen molar-refractivity contribution in [2.24, 2.45) is 11.7 Å². The molecule has 0 radical (unpaired) electrons. The van der Waals surface area contributed by atoms with Gasteiger partial charge in [0, 0.05) is 0 Å². The normalized spacial score (nSPS) is 14.3. The fourth-order valence-corrected chi connectivity index (χ4v) is 4.79. The summed E-state index contributed by atoms with van der Waals surface area (Å²) in [6.45, 7) is 9.12. The van der Waals surface area contributed by atoms with Gasteiger partial charge in [0.25, 0.3) is 0 Å². The molecule has 0 saturated heterocycles. The zero-order valence-corrected chi connectivity index (χ0v) is 23.0. The van der Waals surface area contributed by atoms with Crippen LogP contribution in [0.4, 0.5) is 4.79 Å². The number of rotatable bonds is 16. The van der Waals surface area contributed by atoms with E-state index < -0.39 is 56.9 Å². The number of ether oxygens (including phenoxy) is 1. The Morgan fingerprint density at radius 3 is 2.18 bits per heavy atom. The van der Waals surface area contributed by atoms with Crippen LogP contribution in [-0.2, 0) is 19.1 Å². The Balaban J connectivity index is 5.22. The number of aliphatic carboxylic acids is 1. The molecule has 0 aliphatic rings. The maximum atomic E-state index is 12.9. The number of unbranched alkanes of at least 4 members (excludes halogenated alkanes) is 1. The van der Waals surface area contributed by atoms with Gasteiger partial charge in [0.15, 0.2) is 0 Å². The van der Waals surface area contributed by atoms with Gasteiger partial charge < -0.3 is 0 Å². The van der Waals surface area contributed by atoms with Crippen molar-refractivity contribution in [2.75, 3.05) is 18.6 Å². The Morgan fingerprint density at radius 1 is 1.06 bits per heavy atom. The summed E-state index contributed by atoms with van der Waals surface area (Å²) in [4.78, 5) is 49.3. The van der Waals surface area contributed by atoms with Gasteiger partial charge in [0.2, 0.25) is 0 Å². The van der Waals surface area contributed by atoms with Gasteiger partial charge in [0.05, 0.1) is 0 Å². The first-order chi connectivity index (χ1) is 15.3. The quantitative estimate of drug-likeness (QED) is 0.139. The van der Waals surface area contributed by atoms with E-state index in [2.05, 4.69) is 15.0 Å². The topological polar surface area (TPSA) is 160 Å². The van der Waals surface area contributed by atoms with Crippen molar-refractivity contribution in [1.29, 1.82) is 0 Å². The number of amides is 2. The molecule has 33 heavy (non-hydrogen) atoms. The Labute approximate surface area is 207 Å². The van der Waals surface area contributed by atoms with Gasteiger partial charge in [-0.3, -0.25) is 0 Å². The second-order valence-corrected chi connectivity index (χ2v) is 11.7. The Hall–Kier alpha value is -1.33. The average molecular weight is 556 g/mol. The molecule has 0 aliphatic carbocycles. The number of carboxylic acid groups (broad SMARTS) is 1. The number of nitrogens with two attached hydrogens (primary N) is 1. The molecule has 0 aromatic carbocycles. The molecular formula is C21H40N4O6SSe. The molecule has 0 aliphatic heterocycles. The van der Waals surface area contributed by atoms with E-state index in [4.69, 9.17) is 10.5 Å². The molecule has 0 unspecified atom stereocenters. The summed E-state index contributed by atoms with van der Waals surface area (Å²) in [6.07, 6.45) is 3.44. The average Bonchev–Trinajstić information content (AvgIpc) is 2.69. The third-order valence-corrected chi connectivity index (χ3v) is 6.89. The van der Waals surface area contributed by atoms with E-state index in [0.717, 1.165) is 0 Å². The summed E-state index contributed by atoms with van der Waals surface area (Å²) < 4.78 is 8.04. The number of carbonyl (C=O) groups excluding carboxylic acids is 3. The summed E-state index contributed by atoms with van der Waals surface area (Å²) in [7, 11) is 0. The van der Waals surface area contributed by atoms with Crippen molar-refractivity contribution in [2.45, 2.75) is 84.0 Å². The second-order valence-electron chi connectivity index (χ2n) is 8.92. The first kappa shape index (κ1) is 31.7. The van der Waals surface area contributed by atoms with E-state index in [1.807, 2.05) is 6.26 Å². The van der Waals surface area contributed by atoms with Gasteiger partial charge in [-0.1, -0.05) is 0 Å². The van der Waals surface area contributed by atoms with Gasteiger partial charge in [-0.25, -0.2) is 0 Å². The zero-order valence-electron chi connectivity index (χ0n) is 20.4. The van der Waals surface area contributed by atoms with E-state index in [0.29, 0.717) is 38.0 Å². The van der Waals surface area contributed by atoms with Crippen LogP contribution in [-0.4, -0.2) is 85.2 Å². The minimum atomic E-state index is -1.11. The van der Waals surface area contributed by atoms with E-state index in [-0.39, 0.29) is 10.6 Å². The molecule has 0 aromatic heterocycles. The van der Waals surface area contributed by atoms with Crippen molar-refractivity contribution in [1.82, 2.24) is 15.0 Å². The van der Waals surface area contributed by atoms with Crippen LogP contribution in [0.2, 0.25) is 0 Å². The van der Waals surface area contributed by atoms with Crippen LogP contribution >= 0.6 is 11.8 Å². The predicted octanol–water partition coefficient (Wildman–Crippen LogP) is 1.09. The zero-order chi connectivity index (χ0) is 25.6. The van der Waals surface area contributed by atoms with Crippen LogP contribution in [0.1, 0.15) is 60.3 Å². The third kappa shape index (κ3) is 14.5. The molecule has 0 rings (SSSR count). The minimum absolute atomic E-state index is 0.231. The van der Waals surface area contributed by atoms with Crippen molar-refractivity contribution in [3.05, 3.63) is 0 Å². The predicted molar refractivity (Wildman–Crippen MR) is 131 cm³/mol. The van der Waals surface area contributed by atoms with Crippen molar-refractivity contribution in [3.63, 3.8) is 0 Å². The number of carbonyl (C=O) groups is 4. The number of hydrogen-bond acceptors (Lipinski definition) is 8. The molecule has 12 heteroatoms. The molecular weight excluding hydrogens is 515 g/mol. The number of hydrogen-bond donors (Lipinski definition) is 5. The van der Waals surface area contributed by atoms with Gasteiger partial charge in [-0.15, -0.1) is 0 Å². The van der Waals surface area contributed by atoms with Crippen LogP contribution in [0.25, 0.3) is 0 Å². The molecule has 0 saturated carbocycles. The first-order valence-electron chi connectivity index (χ1n) is 11.0. The molecule has 0 aromatic rings. The molecule has 10 nitrogen and oxygen atoms in total. The summed E-state index contributed by atoms with van der Waals surface area (Å²) in [5.74, 6) is -1.19. The molecule has 2 amide bonds. The molecule has 0 heterocycles. The molecule has 0 fully saturated rings. The van der Waals surface area contributed by atoms with Gasteiger partial charge in [-0.05, 0) is 0 Å². The van der Waals surface area contributed by atoms with Gasteiger partial charge in [-0.2, -0.15) is 0 Å². The Kier molecular flexibility index (Phi) is 15.7. The van der Waals surface area contributed by atoms with Crippen molar-refractivity contribution < 1.29 is 29.0 Å². The molecule has 3 atom stereocenters. The monoisotopic (exact) mass is 556 g/mol. The van der Waals surface area contributed by atoms with Gasteiger partial charge in [0.1, 0.15) is 0 Å². The van der Waals surface area contributed by atoms with Crippen LogP contribution < -0.4 is 20.7 Å². The molecule has 192 valence electrons. The molecule has 0 bridgehead atoms. The van der Waals surface area contributed by atoms with Gasteiger partial charge >= 0.3 is 208 Å². The second kappa shape index (κ2) is 16.3. The van der Waals surface area contributed by atoms with Crippen LogP contribution in [0.3, 0.4) is 0 Å². The molecule has 6 N–H and O–H groups in total. The van der Waals surface area contributed by atoms with Crippen molar-refractivity contribution >= 4 is 49.6 Å². The SMILES string of the molecule is CSCC[C@H](N[Se]C(=O)[C@H](CCCCN)NC(=O)OC(C)(C)C)C(=O)N[C@H](C(=O)O)C(C)C. The van der Waals surface area contributed by atoms with Crippen LogP contribution in [0.15, 0.2) is 0 Å². The first-order valence-corrected chi connectivity index (χ1v) is 14.1. The van der Waals surface area contributed by atoms with Crippen LogP contribution in [0, 0.1) is 5.92 Å². The standard InChI is InChI=1S/C21H40N4O6SSe/c1-13(2)16(18(27)28)24-17(26)14(10-12-32-6)25-33-19(29)15(9-7-8-11-22)23-20(30)31-21(3,4)5/h13-16,25H,7-12,22H2,1-6H3,(H,23,30)(H,24,26)(H,27,28)/t14-,15-,16-/m0/s1. The molecule has 0 spiro atoms. The summed E-state index contributed by atoms with van der Waals surface area (Å²) in [5, 5.41) is 14.6.